The zero-order chi connectivity index (χ0) is 51.6. The Morgan fingerprint density at radius 2 is 1.06 bits per heavy atom. The van der Waals surface area contributed by atoms with E-state index in [0.29, 0.717) is 32.4 Å². The number of sulfonamides is 1. The molecule has 0 aliphatic rings. The van der Waals surface area contributed by atoms with Crippen LogP contribution in [0.4, 0.5) is 33.6 Å². The number of hydrogen-bond acceptors (Lipinski definition) is 14. The molecule has 0 aliphatic heterocycles. The van der Waals surface area contributed by atoms with E-state index in [-0.39, 0.29) is 22.4 Å². The minimum atomic E-state index is -4.91. The summed E-state index contributed by atoms with van der Waals surface area (Å²) in [4.78, 5) is 23.3. The number of aromatic nitrogens is 6. The van der Waals surface area contributed by atoms with Gasteiger partial charge in [0.2, 0.25) is 34.8 Å². The number of halogens is 7. The third-order valence-corrected chi connectivity index (χ3v) is 13.7. The number of pyridine rings is 2. The Morgan fingerprint density at radius 1 is 0.556 bits per heavy atom. The highest BCUT2D eigenvalue weighted by Crippen LogP contribution is 2.33. The molecule has 0 atom stereocenters. The molecule has 72 heavy (non-hydrogen) atoms. The number of nitrogens with one attached hydrogen (secondary N) is 1. The molecule has 9 rings (SSSR count). The molecule has 1 N–H and O–H groups in total. The SMILES string of the molecule is COc1ccc(CN(c2ccncn2)S(=O)(=O)c2ccc3c(Cl)nccc3c2)cc1.COc1ccc(CNc2ccncn2)cc1.O=S(=O)(Oc1c(F)c(F)c(F)c(F)c1F)c1ccc2c(Cl)nccc2c1. The van der Waals surface area contributed by atoms with E-state index in [1.807, 2.05) is 42.5 Å². The van der Waals surface area contributed by atoms with Crippen molar-refractivity contribution in [1.29, 1.82) is 0 Å². The van der Waals surface area contributed by atoms with E-state index >= 15 is 0 Å². The second-order valence-electron chi connectivity index (χ2n) is 14.6. The molecule has 9 aromatic rings. The molecule has 4 aromatic heterocycles. The molecule has 0 bridgehead atoms. The maximum Gasteiger partial charge on any atom is 0.339 e. The Morgan fingerprint density at radius 3 is 1.57 bits per heavy atom. The maximum atomic E-state index is 13.6. The van der Waals surface area contributed by atoms with Gasteiger partial charge >= 0.3 is 10.1 Å². The van der Waals surface area contributed by atoms with E-state index in [9.17, 15) is 38.8 Å². The van der Waals surface area contributed by atoms with Gasteiger partial charge in [0.05, 0.1) is 25.7 Å². The first-order valence-electron chi connectivity index (χ1n) is 20.6. The van der Waals surface area contributed by atoms with E-state index in [4.69, 9.17) is 32.7 Å². The van der Waals surface area contributed by atoms with Crippen molar-refractivity contribution in [2.24, 2.45) is 0 Å². The zero-order valence-electron chi connectivity index (χ0n) is 37.2. The first-order chi connectivity index (χ1) is 34.5. The third kappa shape index (κ3) is 12.2. The first-order valence-corrected chi connectivity index (χ1v) is 24.2. The largest absolute Gasteiger partial charge is 0.497 e. The van der Waals surface area contributed by atoms with Gasteiger partial charge in [0, 0.05) is 48.2 Å². The fourth-order valence-electron chi connectivity index (χ4n) is 6.45. The predicted octanol–water partition coefficient (Wildman–Crippen LogP) is 10.5. The number of ether oxygens (including phenoxy) is 2. The smallest absolute Gasteiger partial charge is 0.339 e. The Bertz CT molecular complexity index is 3560. The summed E-state index contributed by atoms with van der Waals surface area (Å²) in [6.07, 6.45) is 8.88. The van der Waals surface area contributed by atoms with Crippen molar-refractivity contribution in [3.05, 3.63) is 197 Å². The van der Waals surface area contributed by atoms with Crippen LogP contribution in [0.15, 0.2) is 156 Å². The fraction of sp³-hybridized carbons (Fsp3) is 0.0833. The van der Waals surface area contributed by atoms with Crippen LogP contribution in [0.2, 0.25) is 10.3 Å². The highest BCUT2D eigenvalue weighted by molar-refractivity contribution is 7.92. The standard InChI is InChI=1S/C21H17ClN4O3S.C15H5ClF5NO3S.C12H13N3O/c1-29-17-4-2-15(3-5-17)13-26(20-9-10-23-14-25-20)30(27,28)18-6-7-19-16(12-18)8-11-24-21(19)22;16-15-8-2-1-7(5-6(8)3-4-22-15)26(23,24)25-14-12(20)10(18)9(17)11(19)13(14)21;1-16-11-4-2-10(3-5-11)8-14-12-6-7-13-9-15-12/h2-12,14H,13H2,1H3;1-5H;2-7,9H,8H2,1H3,(H,13,14,15). The topological polar surface area (TPSA) is 189 Å². The van der Waals surface area contributed by atoms with Crippen LogP contribution in [0, 0.1) is 29.1 Å². The summed E-state index contributed by atoms with van der Waals surface area (Å²) in [5.74, 6) is -11.2. The Kier molecular flexibility index (Phi) is 16.6. The van der Waals surface area contributed by atoms with Crippen molar-refractivity contribution in [3.8, 4) is 17.2 Å². The van der Waals surface area contributed by atoms with Crippen molar-refractivity contribution in [3.63, 3.8) is 0 Å². The van der Waals surface area contributed by atoms with Gasteiger partial charge in [0.25, 0.3) is 10.0 Å². The van der Waals surface area contributed by atoms with Crippen molar-refractivity contribution >= 4 is 76.5 Å². The molecule has 15 nitrogen and oxygen atoms in total. The summed E-state index contributed by atoms with van der Waals surface area (Å²) < 4.78 is 134. The molecule has 0 amide bonds. The molecule has 0 spiro atoms. The van der Waals surface area contributed by atoms with Crippen LogP contribution < -0.4 is 23.3 Å². The molecule has 0 saturated carbocycles. The van der Waals surface area contributed by atoms with Crippen molar-refractivity contribution < 1.29 is 52.4 Å². The van der Waals surface area contributed by atoms with Gasteiger partial charge in [0.15, 0.2) is 0 Å². The van der Waals surface area contributed by atoms with Crippen LogP contribution in [0.3, 0.4) is 0 Å². The normalized spacial score (nSPS) is 11.2. The van der Waals surface area contributed by atoms with Crippen LogP contribution in [-0.4, -0.2) is 61.0 Å². The summed E-state index contributed by atoms with van der Waals surface area (Å²) in [5.41, 5.74) is 1.96. The lowest BCUT2D eigenvalue weighted by atomic mass is 10.2. The maximum absolute atomic E-state index is 13.6. The van der Waals surface area contributed by atoms with Gasteiger partial charge in [-0.2, -0.15) is 17.2 Å². The van der Waals surface area contributed by atoms with E-state index in [1.165, 1.54) is 53.1 Å². The van der Waals surface area contributed by atoms with Crippen molar-refractivity contribution in [2.45, 2.75) is 22.9 Å². The average Bonchev–Trinajstić information content (AvgIpc) is 3.40. The van der Waals surface area contributed by atoms with Gasteiger partial charge in [-0.15, -0.1) is 0 Å². The molecule has 0 unspecified atom stereocenters. The fourth-order valence-corrected chi connectivity index (χ4v) is 9.31. The molecule has 0 aliphatic carbocycles. The number of rotatable bonds is 13. The van der Waals surface area contributed by atoms with Gasteiger partial charge in [-0.1, -0.05) is 47.5 Å². The first kappa shape index (κ1) is 52.0. The van der Waals surface area contributed by atoms with Crippen LogP contribution in [-0.2, 0) is 33.2 Å². The minimum absolute atomic E-state index is 0.0760. The van der Waals surface area contributed by atoms with Crippen LogP contribution in [0.5, 0.6) is 17.2 Å². The molecule has 0 fully saturated rings. The lowest BCUT2D eigenvalue weighted by Gasteiger charge is -2.23. The second kappa shape index (κ2) is 23.0. The Labute approximate surface area is 418 Å². The lowest BCUT2D eigenvalue weighted by molar-refractivity contribution is 0.346. The van der Waals surface area contributed by atoms with Crippen LogP contribution in [0.1, 0.15) is 11.1 Å². The van der Waals surface area contributed by atoms with Gasteiger partial charge in [-0.25, -0.2) is 55.8 Å². The number of benzene rings is 5. The van der Waals surface area contributed by atoms with Gasteiger partial charge in [-0.3, -0.25) is 0 Å². The van der Waals surface area contributed by atoms with Crippen molar-refractivity contribution in [1.82, 2.24) is 29.9 Å². The quantitative estimate of drug-likeness (QED) is 0.0377. The molecule has 0 saturated heterocycles. The van der Waals surface area contributed by atoms with Gasteiger partial charge < -0.3 is 19.0 Å². The van der Waals surface area contributed by atoms with Gasteiger partial charge in [0.1, 0.15) is 51.0 Å². The van der Waals surface area contributed by atoms with E-state index < -0.39 is 59.9 Å². The summed E-state index contributed by atoms with van der Waals surface area (Å²) in [5, 5.41) is 5.65. The monoisotopic (exact) mass is 1060 g/mol. The van der Waals surface area contributed by atoms with E-state index in [2.05, 4.69) is 39.4 Å². The molecule has 4 heterocycles. The molecule has 370 valence electrons. The third-order valence-electron chi connectivity index (χ3n) is 10.1. The van der Waals surface area contributed by atoms with E-state index in [1.54, 1.807) is 63.0 Å². The molecular weight excluding hydrogens is 1030 g/mol. The number of fused-ring (bicyclic) bond motifs is 2. The summed E-state index contributed by atoms with van der Waals surface area (Å²) in [6, 6.07) is 29.7. The summed E-state index contributed by atoms with van der Waals surface area (Å²) >= 11 is 12.0. The number of anilines is 2. The molecule has 5 aromatic carbocycles. The number of hydrogen-bond donors (Lipinski definition) is 1. The molecule has 24 heteroatoms. The number of methoxy groups -OCH3 is 2. The van der Waals surface area contributed by atoms with Crippen molar-refractivity contribution in [2.75, 3.05) is 23.8 Å². The highest BCUT2D eigenvalue weighted by atomic mass is 35.5. The highest BCUT2D eigenvalue weighted by Gasteiger charge is 2.31. The molecule has 0 radical (unpaired) electrons. The Balaban J connectivity index is 0.000000166. The van der Waals surface area contributed by atoms with Gasteiger partial charge in [-0.05, 0) is 101 Å². The second-order valence-corrected chi connectivity index (χ2v) is 18.8. The summed E-state index contributed by atoms with van der Waals surface area (Å²) in [7, 11) is -5.59. The zero-order valence-corrected chi connectivity index (χ0v) is 40.4. The number of nitrogens with zero attached hydrogens (tertiary/aromatic N) is 7. The average molecular weight is 1070 g/mol. The predicted molar refractivity (Wildman–Crippen MR) is 258 cm³/mol. The van der Waals surface area contributed by atoms with Crippen LogP contribution >= 0.6 is 23.2 Å². The molecular formula is C48H35Cl2F5N8O7S2. The minimum Gasteiger partial charge on any atom is -0.497 e. The lowest BCUT2D eigenvalue weighted by Crippen LogP contribution is -2.31. The van der Waals surface area contributed by atoms with E-state index in [0.717, 1.165) is 35.8 Å². The van der Waals surface area contributed by atoms with Crippen LogP contribution in [0.25, 0.3) is 21.5 Å². The summed E-state index contributed by atoms with van der Waals surface area (Å²) in [6.45, 7) is 0.833. The Hall–Kier alpha value is -7.79.